The van der Waals surface area contributed by atoms with Crippen LogP contribution in [0.3, 0.4) is 0 Å². The van der Waals surface area contributed by atoms with Gasteiger partial charge in [0.15, 0.2) is 0 Å². The van der Waals surface area contributed by atoms with Gasteiger partial charge in [-0.1, -0.05) is 6.07 Å². The normalized spacial score (nSPS) is 9.74. The van der Waals surface area contributed by atoms with Crippen LogP contribution in [0.2, 0.25) is 0 Å². The second-order valence-electron chi connectivity index (χ2n) is 3.70. The molecule has 4 nitrogen and oxygen atoms in total. The monoisotopic (exact) mass is 259 g/mol. The Morgan fingerprint density at radius 3 is 2.58 bits per heavy atom. The van der Waals surface area contributed by atoms with Crippen molar-refractivity contribution < 1.29 is 18.7 Å². The van der Waals surface area contributed by atoms with Crippen molar-refractivity contribution in [2.24, 2.45) is 0 Å². The van der Waals surface area contributed by atoms with Gasteiger partial charge in [0.1, 0.15) is 11.6 Å². The van der Waals surface area contributed by atoms with Gasteiger partial charge in [0, 0.05) is 17.3 Å². The SMILES string of the molecule is O=COc1cccc(NC(=O)c2ccc(F)cc2)c1. The number of hydrogen-bond donors (Lipinski definition) is 1. The minimum Gasteiger partial charge on any atom is -0.429 e. The van der Waals surface area contributed by atoms with Crippen molar-refractivity contribution in [3.63, 3.8) is 0 Å². The highest BCUT2D eigenvalue weighted by molar-refractivity contribution is 6.04. The van der Waals surface area contributed by atoms with E-state index >= 15 is 0 Å². The first-order chi connectivity index (χ1) is 9.19. The van der Waals surface area contributed by atoms with Crippen LogP contribution in [0.15, 0.2) is 48.5 Å². The average Bonchev–Trinajstić information content (AvgIpc) is 2.40. The lowest BCUT2D eigenvalue weighted by molar-refractivity contribution is -0.120. The Bertz CT molecular complexity index is 596. The van der Waals surface area contributed by atoms with E-state index in [0.717, 1.165) is 0 Å². The van der Waals surface area contributed by atoms with Crippen LogP contribution in [-0.4, -0.2) is 12.4 Å². The van der Waals surface area contributed by atoms with Gasteiger partial charge in [0.05, 0.1) is 0 Å². The summed E-state index contributed by atoms with van der Waals surface area (Å²) in [7, 11) is 0. The van der Waals surface area contributed by atoms with Crippen LogP contribution in [0.4, 0.5) is 10.1 Å². The lowest BCUT2D eigenvalue weighted by Gasteiger charge is -2.06. The summed E-state index contributed by atoms with van der Waals surface area (Å²) in [6, 6.07) is 11.6. The molecule has 19 heavy (non-hydrogen) atoms. The van der Waals surface area contributed by atoms with Crippen LogP contribution in [-0.2, 0) is 4.79 Å². The predicted octanol–water partition coefficient (Wildman–Crippen LogP) is 2.61. The zero-order chi connectivity index (χ0) is 13.7. The molecule has 0 fully saturated rings. The molecule has 0 saturated heterocycles. The van der Waals surface area contributed by atoms with Gasteiger partial charge in [-0.05, 0) is 36.4 Å². The summed E-state index contributed by atoms with van der Waals surface area (Å²) in [5.74, 6) is -0.451. The van der Waals surface area contributed by atoms with E-state index in [4.69, 9.17) is 0 Å². The maximum Gasteiger partial charge on any atom is 0.298 e. The third-order valence-electron chi connectivity index (χ3n) is 2.38. The molecular formula is C14H10FNO3. The molecule has 2 rings (SSSR count). The van der Waals surface area contributed by atoms with E-state index in [0.29, 0.717) is 23.5 Å². The molecular weight excluding hydrogens is 249 g/mol. The van der Waals surface area contributed by atoms with Crippen molar-refractivity contribution in [3.05, 3.63) is 59.9 Å². The smallest absolute Gasteiger partial charge is 0.298 e. The highest BCUT2D eigenvalue weighted by atomic mass is 19.1. The van der Waals surface area contributed by atoms with Crippen molar-refractivity contribution in [2.75, 3.05) is 5.32 Å². The topological polar surface area (TPSA) is 55.4 Å². The molecule has 0 saturated carbocycles. The fraction of sp³-hybridized carbons (Fsp3) is 0. The van der Waals surface area contributed by atoms with Gasteiger partial charge >= 0.3 is 0 Å². The van der Waals surface area contributed by atoms with Crippen LogP contribution < -0.4 is 10.1 Å². The number of carbonyl (C=O) groups is 2. The van der Waals surface area contributed by atoms with Crippen molar-refractivity contribution in [1.29, 1.82) is 0 Å². The van der Waals surface area contributed by atoms with E-state index in [-0.39, 0.29) is 5.91 Å². The van der Waals surface area contributed by atoms with Crippen molar-refractivity contribution in [3.8, 4) is 5.75 Å². The fourth-order valence-corrected chi connectivity index (χ4v) is 1.51. The van der Waals surface area contributed by atoms with Crippen molar-refractivity contribution in [2.45, 2.75) is 0 Å². The van der Waals surface area contributed by atoms with E-state index in [2.05, 4.69) is 10.1 Å². The molecule has 0 aliphatic heterocycles. The highest BCUT2D eigenvalue weighted by Crippen LogP contribution is 2.17. The molecule has 0 atom stereocenters. The third kappa shape index (κ3) is 3.38. The summed E-state index contributed by atoms with van der Waals surface area (Å²) in [6.45, 7) is 0.306. The number of amides is 1. The van der Waals surface area contributed by atoms with E-state index in [1.54, 1.807) is 18.2 Å². The average molecular weight is 259 g/mol. The van der Waals surface area contributed by atoms with Crippen LogP contribution in [0.1, 0.15) is 10.4 Å². The highest BCUT2D eigenvalue weighted by Gasteiger charge is 2.06. The maximum atomic E-state index is 12.7. The summed E-state index contributed by atoms with van der Waals surface area (Å²) in [4.78, 5) is 22.1. The fourth-order valence-electron chi connectivity index (χ4n) is 1.51. The molecule has 0 aliphatic carbocycles. The molecule has 5 heteroatoms. The van der Waals surface area contributed by atoms with Crippen LogP contribution in [0.5, 0.6) is 5.75 Å². The molecule has 96 valence electrons. The summed E-state index contributed by atoms with van der Waals surface area (Å²) < 4.78 is 17.4. The summed E-state index contributed by atoms with van der Waals surface area (Å²) >= 11 is 0. The van der Waals surface area contributed by atoms with Crippen LogP contribution >= 0.6 is 0 Å². The van der Waals surface area contributed by atoms with Crippen molar-refractivity contribution >= 4 is 18.1 Å². The van der Waals surface area contributed by atoms with Gasteiger partial charge in [-0.25, -0.2) is 4.39 Å². The summed E-state index contributed by atoms with van der Waals surface area (Å²) in [5, 5.41) is 2.62. The molecule has 0 aliphatic rings. The number of hydrogen-bond acceptors (Lipinski definition) is 3. The lowest BCUT2D eigenvalue weighted by Crippen LogP contribution is -2.11. The molecule has 1 amide bonds. The molecule has 0 unspecified atom stereocenters. The Hall–Kier alpha value is -2.69. The number of ether oxygens (including phenoxy) is 1. The number of nitrogens with one attached hydrogen (secondary N) is 1. The zero-order valence-corrected chi connectivity index (χ0v) is 9.80. The molecule has 1 N–H and O–H groups in total. The molecule has 0 spiro atoms. The number of carbonyl (C=O) groups excluding carboxylic acids is 2. The van der Waals surface area contributed by atoms with Gasteiger partial charge in [0.25, 0.3) is 12.4 Å². The number of halogens is 1. The Labute approximate surface area is 108 Å². The van der Waals surface area contributed by atoms with Gasteiger partial charge in [0.2, 0.25) is 0 Å². The summed E-state index contributed by atoms with van der Waals surface area (Å²) in [5.41, 5.74) is 0.816. The number of benzene rings is 2. The van der Waals surface area contributed by atoms with E-state index in [1.165, 1.54) is 30.3 Å². The standard InChI is InChI=1S/C14H10FNO3/c15-11-6-4-10(5-7-11)14(18)16-12-2-1-3-13(8-12)19-9-17/h1-9H,(H,16,18). The minimum atomic E-state index is -0.405. The zero-order valence-electron chi connectivity index (χ0n) is 9.80. The Morgan fingerprint density at radius 1 is 1.16 bits per heavy atom. The second kappa shape index (κ2) is 5.77. The molecule has 2 aromatic carbocycles. The van der Waals surface area contributed by atoms with Gasteiger partial charge in [-0.15, -0.1) is 0 Å². The predicted molar refractivity (Wildman–Crippen MR) is 67.5 cm³/mol. The van der Waals surface area contributed by atoms with Crippen LogP contribution in [0.25, 0.3) is 0 Å². The molecule has 2 aromatic rings. The first-order valence-corrected chi connectivity index (χ1v) is 5.46. The van der Waals surface area contributed by atoms with Crippen LogP contribution in [0, 0.1) is 5.82 Å². The van der Waals surface area contributed by atoms with Gasteiger partial charge < -0.3 is 10.1 Å². The van der Waals surface area contributed by atoms with Gasteiger partial charge in [-0.3, -0.25) is 9.59 Å². The number of rotatable bonds is 4. The van der Waals surface area contributed by atoms with Gasteiger partial charge in [-0.2, -0.15) is 0 Å². The first kappa shape index (κ1) is 12.8. The Balaban J connectivity index is 2.12. The number of anilines is 1. The third-order valence-corrected chi connectivity index (χ3v) is 2.38. The van der Waals surface area contributed by atoms with Crippen molar-refractivity contribution in [1.82, 2.24) is 0 Å². The Kier molecular flexibility index (Phi) is 3.87. The molecule has 0 radical (unpaired) electrons. The Morgan fingerprint density at radius 2 is 1.89 bits per heavy atom. The summed E-state index contributed by atoms with van der Waals surface area (Å²) in [6.07, 6.45) is 0. The first-order valence-electron chi connectivity index (χ1n) is 5.46. The molecule has 0 aromatic heterocycles. The van der Waals surface area contributed by atoms with E-state index < -0.39 is 5.82 Å². The quantitative estimate of drug-likeness (QED) is 0.859. The molecule has 0 heterocycles. The lowest BCUT2D eigenvalue weighted by atomic mass is 10.2. The molecule has 0 bridgehead atoms. The maximum absolute atomic E-state index is 12.7. The van der Waals surface area contributed by atoms with E-state index in [1.807, 2.05) is 0 Å². The van der Waals surface area contributed by atoms with E-state index in [9.17, 15) is 14.0 Å². The minimum absolute atomic E-state index is 0.306. The largest absolute Gasteiger partial charge is 0.429 e. The second-order valence-corrected chi connectivity index (χ2v) is 3.70.